The number of hydrogen-bond donors (Lipinski definition) is 6. The third-order valence-corrected chi connectivity index (χ3v) is 12.1. The molecule has 19 nitrogen and oxygen atoms in total. The van der Waals surface area contributed by atoms with Crippen LogP contribution in [0.5, 0.6) is 17.2 Å². The molecule has 5 aliphatic rings. The van der Waals surface area contributed by atoms with E-state index in [9.17, 15) is 49.5 Å². The average Bonchev–Trinajstić information content (AvgIpc) is 3.61. The molecule has 2 aliphatic carbocycles. The Kier molecular flexibility index (Phi) is 11.8. The quantitative estimate of drug-likeness (QED) is 0.0565. The summed E-state index contributed by atoms with van der Waals surface area (Å²) >= 11 is 0. The van der Waals surface area contributed by atoms with Gasteiger partial charge in [0.25, 0.3) is 17.7 Å². The van der Waals surface area contributed by atoms with Crippen molar-refractivity contribution in [3.63, 3.8) is 0 Å². The highest BCUT2D eigenvalue weighted by Gasteiger charge is 2.50. The Labute approximate surface area is 357 Å². The number of aliphatic hydroxyl groups excluding tert-OH is 2. The summed E-state index contributed by atoms with van der Waals surface area (Å²) in [6.45, 7) is 1.63. The standard InChI is InChI=1S/C43H43FN4O15/c1-19-37(52)25(47-11-12-61-32(17-47)60-3)14-31(62-19)63-27-16-43(58,28(18-49)45-46-42(57)21-8-7-20(13-24(21)44)48-29(50)9-10-30(48)51)15-23-34(27)41(56)36-35(39(23)54)38(53)22-5-4-6-26(59-2)33(22)40(36)55/h4-10,13,19,25,27,31-32,37,49,52,54,56,58H,11-12,14-18H2,1-3H3,(H,46,57)/b45-28+/t19-,25?,27-,31-,32-,37+,43-/m0/s1. The Balaban J connectivity index is 1.16. The maximum absolute atomic E-state index is 15.3. The van der Waals surface area contributed by atoms with E-state index in [0.29, 0.717) is 24.6 Å². The van der Waals surface area contributed by atoms with Crippen molar-refractivity contribution < 1.29 is 77.6 Å². The van der Waals surface area contributed by atoms with Gasteiger partial charge in [-0.25, -0.2) is 14.7 Å². The first kappa shape index (κ1) is 43.7. The molecule has 8 rings (SSSR count). The summed E-state index contributed by atoms with van der Waals surface area (Å²) in [5, 5.41) is 62.4. The molecule has 1 unspecified atom stereocenters. The van der Waals surface area contributed by atoms with E-state index in [1.165, 1.54) is 32.4 Å². The van der Waals surface area contributed by atoms with Gasteiger partial charge in [0.05, 0.1) is 72.3 Å². The molecule has 332 valence electrons. The summed E-state index contributed by atoms with van der Waals surface area (Å²) in [5.74, 6) is -6.87. The van der Waals surface area contributed by atoms with Crippen molar-refractivity contribution in [3.05, 3.63) is 93.3 Å². The Hall–Kier alpha value is -5.97. The van der Waals surface area contributed by atoms with E-state index in [4.69, 9.17) is 23.7 Å². The highest BCUT2D eigenvalue weighted by atomic mass is 19.1. The number of anilines is 1. The molecule has 3 aromatic carbocycles. The molecule has 3 aromatic rings. The third kappa shape index (κ3) is 7.57. The first-order valence-corrected chi connectivity index (χ1v) is 19.9. The number of phenolic OH excluding ortho intramolecular Hbond substituents is 2. The third-order valence-electron chi connectivity index (χ3n) is 12.1. The maximum Gasteiger partial charge on any atom is 0.274 e. The van der Waals surface area contributed by atoms with Gasteiger partial charge in [-0.1, -0.05) is 12.1 Å². The van der Waals surface area contributed by atoms with Crippen LogP contribution in [0.4, 0.5) is 10.1 Å². The molecular weight excluding hydrogens is 831 g/mol. The Bertz CT molecular complexity index is 2480. The van der Waals surface area contributed by atoms with Gasteiger partial charge in [-0.05, 0) is 31.2 Å². The number of morpholine rings is 1. The first-order chi connectivity index (χ1) is 30.1. The summed E-state index contributed by atoms with van der Waals surface area (Å²) in [5.41, 5.74) is -3.31. The second-order valence-corrected chi connectivity index (χ2v) is 15.7. The number of ether oxygens (including phenoxy) is 5. The number of aromatic hydroxyl groups is 2. The van der Waals surface area contributed by atoms with Crippen LogP contribution >= 0.6 is 0 Å². The molecule has 7 atom stereocenters. The summed E-state index contributed by atoms with van der Waals surface area (Å²) < 4.78 is 44.3. The van der Waals surface area contributed by atoms with Gasteiger partial charge in [0.2, 0.25) is 5.78 Å². The number of ketones is 2. The van der Waals surface area contributed by atoms with Gasteiger partial charge in [0.1, 0.15) is 28.7 Å². The number of carbonyl (C=O) groups is 5. The number of hydrazone groups is 1. The van der Waals surface area contributed by atoms with Crippen LogP contribution in [-0.4, -0.2) is 142 Å². The van der Waals surface area contributed by atoms with Crippen LogP contribution in [0, 0.1) is 5.82 Å². The van der Waals surface area contributed by atoms with Crippen LogP contribution in [-0.2, 0) is 35.0 Å². The Morgan fingerprint density at radius 3 is 2.43 bits per heavy atom. The lowest BCUT2D eigenvalue weighted by atomic mass is 9.71. The van der Waals surface area contributed by atoms with E-state index in [0.717, 1.165) is 30.4 Å². The van der Waals surface area contributed by atoms with Crippen molar-refractivity contribution in [1.82, 2.24) is 10.3 Å². The fraction of sp³-hybridized carbons (Fsp3) is 0.395. The van der Waals surface area contributed by atoms with Gasteiger partial charge in [-0.2, -0.15) is 5.10 Å². The second-order valence-electron chi connectivity index (χ2n) is 15.7. The molecule has 0 aromatic heterocycles. The number of fused-ring (bicyclic) bond motifs is 3. The minimum absolute atomic E-state index is 0.0316. The normalized spacial score (nSPS) is 27.3. The van der Waals surface area contributed by atoms with E-state index >= 15 is 4.39 Å². The van der Waals surface area contributed by atoms with E-state index in [1.807, 2.05) is 4.90 Å². The van der Waals surface area contributed by atoms with Gasteiger partial charge in [0, 0.05) is 74.3 Å². The second kappa shape index (κ2) is 17.0. The predicted octanol–water partition coefficient (Wildman–Crippen LogP) is 1.13. The van der Waals surface area contributed by atoms with Gasteiger partial charge < -0.3 is 49.2 Å². The van der Waals surface area contributed by atoms with Crippen LogP contribution < -0.4 is 15.1 Å². The van der Waals surface area contributed by atoms with Gasteiger partial charge >= 0.3 is 0 Å². The topological polar surface area (TPSA) is 264 Å². The monoisotopic (exact) mass is 874 g/mol. The number of halogens is 1. The van der Waals surface area contributed by atoms with E-state index in [2.05, 4.69) is 10.5 Å². The summed E-state index contributed by atoms with van der Waals surface area (Å²) in [6.07, 6.45) is -4.25. The number of benzene rings is 3. The molecule has 63 heavy (non-hydrogen) atoms. The predicted molar refractivity (Wildman–Crippen MR) is 214 cm³/mol. The molecule has 0 spiro atoms. The van der Waals surface area contributed by atoms with Gasteiger partial charge in [0.15, 0.2) is 18.4 Å². The van der Waals surface area contributed by atoms with Crippen molar-refractivity contribution in [2.75, 3.05) is 45.4 Å². The van der Waals surface area contributed by atoms with Crippen molar-refractivity contribution in [3.8, 4) is 17.2 Å². The number of carbonyl (C=O) groups excluding carboxylic acids is 5. The van der Waals surface area contributed by atoms with E-state index in [1.54, 1.807) is 6.92 Å². The van der Waals surface area contributed by atoms with E-state index in [-0.39, 0.29) is 40.1 Å². The van der Waals surface area contributed by atoms with Gasteiger partial charge in [-0.15, -0.1) is 0 Å². The SMILES string of the molecule is COc1cccc2c1C(=O)c1c(O)c3c(c(O)c1C2=O)C[C@@](O)(/C(CO)=N/NC(=O)c1ccc(N2C(=O)C=CC2=O)cc1F)C[C@@H]3O[C@H]1CC(N2CCO[C@H](OC)C2)[C@H](O)[C@H](C)O1. The fourth-order valence-corrected chi connectivity index (χ4v) is 8.94. The summed E-state index contributed by atoms with van der Waals surface area (Å²) in [4.78, 5) is 68.4. The summed E-state index contributed by atoms with van der Waals surface area (Å²) in [6, 6.07) is 6.68. The molecule has 3 heterocycles. The van der Waals surface area contributed by atoms with Gasteiger partial charge in [-0.3, -0.25) is 28.9 Å². The van der Waals surface area contributed by atoms with Crippen LogP contribution in [0.3, 0.4) is 0 Å². The molecule has 20 heteroatoms. The number of nitrogens with one attached hydrogen (secondary N) is 1. The molecular formula is C43H43FN4O15. The van der Waals surface area contributed by atoms with Crippen molar-refractivity contribution in [2.45, 2.75) is 68.7 Å². The number of phenols is 2. The molecule has 0 bridgehead atoms. The number of nitrogens with zero attached hydrogens (tertiary/aromatic N) is 3. The first-order valence-electron chi connectivity index (χ1n) is 19.9. The zero-order valence-electron chi connectivity index (χ0n) is 34.1. The van der Waals surface area contributed by atoms with Crippen LogP contribution in [0.15, 0.2) is 53.7 Å². The molecule has 6 N–H and O–H groups in total. The maximum atomic E-state index is 15.3. The van der Waals surface area contributed by atoms with Crippen molar-refractivity contribution in [2.24, 2.45) is 5.10 Å². The average molecular weight is 875 g/mol. The van der Waals surface area contributed by atoms with Crippen molar-refractivity contribution in [1.29, 1.82) is 0 Å². The molecule has 3 aliphatic heterocycles. The number of amides is 3. The van der Waals surface area contributed by atoms with Crippen LogP contribution in [0.1, 0.15) is 79.2 Å². The largest absolute Gasteiger partial charge is 0.507 e. The van der Waals surface area contributed by atoms with E-state index < -0.39 is 131 Å². The number of imide groups is 1. The number of rotatable bonds is 10. The number of methoxy groups -OCH3 is 2. The van der Waals surface area contributed by atoms with Crippen LogP contribution in [0.2, 0.25) is 0 Å². The lowest BCUT2D eigenvalue weighted by Crippen LogP contribution is -2.59. The molecule has 2 saturated heterocycles. The molecule has 0 radical (unpaired) electrons. The molecule has 3 amide bonds. The summed E-state index contributed by atoms with van der Waals surface area (Å²) in [7, 11) is 2.79. The molecule has 2 fully saturated rings. The number of aliphatic hydroxyl groups is 3. The highest BCUT2D eigenvalue weighted by Crippen LogP contribution is 2.53. The lowest BCUT2D eigenvalue weighted by Gasteiger charge is -2.47. The Morgan fingerprint density at radius 2 is 1.75 bits per heavy atom. The Morgan fingerprint density at radius 1 is 1.02 bits per heavy atom. The highest BCUT2D eigenvalue weighted by molar-refractivity contribution is 6.31. The smallest absolute Gasteiger partial charge is 0.274 e. The van der Waals surface area contributed by atoms with Crippen LogP contribution in [0.25, 0.3) is 0 Å². The minimum atomic E-state index is -2.35. The number of hydrogen-bond acceptors (Lipinski definition) is 17. The van der Waals surface area contributed by atoms with Crippen molar-refractivity contribution >= 4 is 40.7 Å². The minimum Gasteiger partial charge on any atom is -0.507 e. The lowest BCUT2D eigenvalue weighted by molar-refractivity contribution is -0.265. The fourth-order valence-electron chi connectivity index (χ4n) is 8.94. The zero-order valence-corrected chi connectivity index (χ0v) is 34.1. The zero-order chi connectivity index (χ0) is 45.1. The molecule has 0 saturated carbocycles.